The van der Waals surface area contributed by atoms with Crippen molar-refractivity contribution in [2.45, 2.75) is 34.2 Å². The molecule has 1 heterocycles. The molecule has 2 aromatic rings. The molecular weight excluding hydrogens is 314 g/mol. The molecule has 0 spiro atoms. The molecule has 4 heteroatoms. The van der Waals surface area contributed by atoms with Gasteiger partial charge in [-0.2, -0.15) is 5.10 Å². The average molecular weight is 336 g/mol. The molecule has 1 aromatic heterocycles. The normalized spacial score (nSPS) is 11.3. The Balaban J connectivity index is 2.29. The summed E-state index contributed by atoms with van der Waals surface area (Å²) in [6.07, 6.45) is 0. The third-order valence-electron chi connectivity index (χ3n) is 3.29. The van der Waals surface area contributed by atoms with Gasteiger partial charge in [0.2, 0.25) is 0 Å². The van der Waals surface area contributed by atoms with Gasteiger partial charge < -0.3 is 5.32 Å². The molecule has 0 aliphatic carbocycles. The van der Waals surface area contributed by atoms with E-state index in [9.17, 15) is 0 Å². The molecule has 0 saturated heterocycles. The van der Waals surface area contributed by atoms with Crippen LogP contribution in [0.5, 0.6) is 0 Å². The highest BCUT2D eigenvalue weighted by Crippen LogP contribution is 2.24. The predicted octanol–water partition coefficient (Wildman–Crippen LogP) is 4.00. The maximum absolute atomic E-state index is 4.63. The van der Waals surface area contributed by atoms with E-state index in [2.05, 4.69) is 71.4 Å². The highest BCUT2D eigenvalue weighted by Gasteiger charge is 2.12. The van der Waals surface area contributed by atoms with Crippen molar-refractivity contribution >= 4 is 15.9 Å². The number of nitrogens with one attached hydrogen (secondary N) is 1. The van der Waals surface area contributed by atoms with Gasteiger partial charge in [-0.25, -0.2) is 4.68 Å². The first-order chi connectivity index (χ1) is 9.50. The summed E-state index contributed by atoms with van der Waals surface area (Å²) in [7, 11) is 0. The van der Waals surface area contributed by atoms with Crippen molar-refractivity contribution in [3.05, 3.63) is 45.7 Å². The lowest BCUT2D eigenvalue weighted by molar-refractivity contribution is 0.551. The van der Waals surface area contributed by atoms with Gasteiger partial charge in [0, 0.05) is 6.54 Å². The number of benzene rings is 1. The number of nitrogens with zero attached hydrogens (tertiary/aromatic N) is 2. The van der Waals surface area contributed by atoms with Gasteiger partial charge in [-0.15, -0.1) is 0 Å². The third-order valence-corrected chi connectivity index (χ3v) is 4.44. The van der Waals surface area contributed by atoms with Gasteiger partial charge in [0.1, 0.15) is 0 Å². The maximum atomic E-state index is 4.63. The summed E-state index contributed by atoms with van der Waals surface area (Å²) in [6, 6.07) is 8.42. The molecule has 2 rings (SSSR count). The van der Waals surface area contributed by atoms with E-state index in [0.717, 1.165) is 34.6 Å². The quantitative estimate of drug-likeness (QED) is 0.894. The van der Waals surface area contributed by atoms with Crippen molar-refractivity contribution in [2.24, 2.45) is 5.92 Å². The molecular formula is C16H22BrN3. The fourth-order valence-electron chi connectivity index (χ4n) is 2.22. The van der Waals surface area contributed by atoms with Gasteiger partial charge in [0.25, 0.3) is 0 Å². The number of aryl methyl sites for hydroxylation is 1. The number of hydrogen-bond donors (Lipinski definition) is 1. The Morgan fingerprint density at radius 2 is 1.95 bits per heavy atom. The van der Waals surface area contributed by atoms with Crippen molar-refractivity contribution in [3.8, 4) is 5.69 Å². The fourth-order valence-corrected chi connectivity index (χ4v) is 2.47. The van der Waals surface area contributed by atoms with Crippen molar-refractivity contribution in [1.82, 2.24) is 15.1 Å². The Kier molecular flexibility index (Phi) is 5.00. The monoisotopic (exact) mass is 335 g/mol. The van der Waals surface area contributed by atoms with Crippen LogP contribution in [0.1, 0.15) is 30.8 Å². The molecule has 0 aliphatic heterocycles. The molecule has 108 valence electrons. The predicted molar refractivity (Wildman–Crippen MR) is 87.3 cm³/mol. The fraction of sp³-hybridized carbons (Fsp3) is 0.438. The maximum Gasteiger partial charge on any atom is 0.0743 e. The molecule has 20 heavy (non-hydrogen) atoms. The molecule has 0 aliphatic rings. The Morgan fingerprint density at radius 3 is 2.55 bits per heavy atom. The third kappa shape index (κ3) is 3.30. The summed E-state index contributed by atoms with van der Waals surface area (Å²) >= 11 is 3.59. The van der Waals surface area contributed by atoms with Crippen LogP contribution in [0.4, 0.5) is 0 Å². The number of rotatable bonds is 5. The van der Waals surface area contributed by atoms with Crippen molar-refractivity contribution in [1.29, 1.82) is 0 Å². The molecule has 0 amide bonds. The Hall–Kier alpha value is -1.13. The van der Waals surface area contributed by atoms with Crippen LogP contribution in [0.25, 0.3) is 5.69 Å². The largest absolute Gasteiger partial charge is 0.312 e. The van der Waals surface area contributed by atoms with Gasteiger partial charge in [0.05, 0.1) is 21.5 Å². The van der Waals surface area contributed by atoms with E-state index < -0.39 is 0 Å². The lowest BCUT2D eigenvalue weighted by Crippen LogP contribution is -2.20. The van der Waals surface area contributed by atoms with E-state index in [0.29, 0.717) is 5.92 Å². The number of para-hydroxylation sites is 1. The molecule has 0 fully saturated rings. The van der Waals surface area contributed by atoms with Crippen LogP contribution >= 0.6 is 15.9 Å². The van der Waals surface area contributed by atoms with E-state index in [-0.39, 0.29) is 0 Å². The van der Waals surface area contributed by atoms with E-state index in [1.807, 2.05) is 11.6 Å². The van der Waals surface area contributed by atoms with Crippen LogP contribution < -0.4 is 5.32 Å². The van der Waals surface area contributed by atoms with Crippen LogP contribution in [-0.4, -0.2) is 16.3 Å². The summed E-state index contributed by atoms with van der Waals surface area (Å²) in [5, 5.41) is 8.13. The zero-order valence-electron chi connectivity index (χ0n) is 12.6. The van der Waals surface area contributed by atoms with Crippen LogP contribution in [0, 0.1) is 19.8 Å². The molecule has 0 radical (unpaired) electrons. The number of hydrogen-bond acceptors (Lipinski definition) is 2. The molecule has 1 N–H and O–H groups in total. The highest BCUT2D eigenvalue weighted by molar-refractivity contribution is 9.10. The molecule has 0 unspecified atom stereocenters. The second kappa shape index (κ2) is 6.55. The molecule has 0 saturated carbocycles. The summed E-state index contributed by atoms with van der Waals surface area (Å²) < 4.78 is 3.11. The Bertz CT molecular complexity index is 587. The first kappa shape index (κ1) is 15.3. The van der Waals surface area contributed by atoms with Gasteiger partial charge in [0.15, 0.2) is 0 Å². The molecule has 3 nitrogen and oxygen atoms in total. The van der Waals surface area contributed by atoms with Crippen molar-refractivity contribution in [2.75, 3.05) is 6.54 Å². The SMILES string of the molecule is Cc1nn(-c2ccccc2CNCC(C)C)c(C)c1Br. The van der Waals surface area contributed by atoms with E-state index in [4.69, 9.17) is 0 Å². The van der Waals surface area contributed by atoms with Gasteiger partial charge in [-0.1, -0.05) is 32.0 Å². The Morgan fingerprint density at radius 1 is 1.25 bits per heavy atom. The standard InChI is InChI=1S/C16H22BrN3/c1-11(2)9-18-10-14-7-5-6-8-15(14)20-13(4)16(17)12(3)19-20/h5-8,11,18H,9-10H2,1-4H3. The minimum atomic E-state index is 0.657. The van der Waals surface area contributed by atoms with E-state index in [1.165, 1.54) is 5.56 Å². The Labute approximate surface area is 129 Å². The molecule has 1 aromatic carbocycles. The summed E-state index contributed by atoms with van der Waals surface area (Å²) in [4.78, 5) is 0. The zero-order valence-corrected chi connectivity index (χ0v) is 14.2. The lowest BCUT2D eigenvalue weighted by atomic mass is 10.1. The van der Waals surface area contributed by atoms with Crippen LogP contribution in [-0.2, 0) is 6.54 Å². The van der Waals surface area contributed by atoms with Crippen LogP contribution in [0.3, 0.4) is 0 Å². The highest BCUT2D eigenvalue weighted by atomic mass is 79.9. The molecule has 0 bridgehead atoms. The number of halogens is 1. The smallest absolute Gasteiger partial charge is 0.0743 e. The van der Waals surface area contributed by atoms with Gasteiger partial charge in [-0.3, -0.25) is 0 Å². The summed E-state index contributed by atoms with van der Waals surface area (Å²) in [5.41, 5.74) is 4.58. The summed E-state index contributed by atoms with van der Waals surface area (Å²) in [6.45, 7) is 10.4. The van der Waals surface area contributed by atoms with Gasteiger partial charge >= 0.3 is 0 Å². The average Bonchev–Trinajstić information content (AvgIpc) is 2.67. The lowest BCUT2D eigenvalue weighted by Gasteiger charge is -2.13. The minimum absolute atomic E-state index is 0.657. The first-order valence-corrected chi connectivity index (χ1v) is 7.80. The second-order valence-electron chi connectivity index (χ2n) is 5.55. The number of aromatic nitrogens is 2. The van der Waals surface area contributed by atoms with E-state index in [1.54, 1.807) is 0 Å². The van der Waals surface area contributed by atoms with Crippen LogP contribution in [0.15, 0.2) is 28.7 Å². The van der Waals surface area contributed by atoms with Gasteiger partial charge in [-0.05, 0) is 53.9 Å². The second-order valence-corrected chi connectivity index (χ2v) is 6.34. The van der Waals surface area contributed by atoms with E-state index >= 15 is 0 Å². The topological polar surface area (TPSA) is 29.9 Å². The van der Waals surface area contributed by atoms with Crippen LogP contribution in [0.2, 0.25) is 0 Å². The first-order valence-electron chi connectivity index (χ1n) is 7.01. The minimum Gasteiger partial charge on any atom is -0.312 e. The van der Waals surface area contributed by atoms with Crippen molar-refractivity contribution in [3.63, 3.8) is 0 Å². The zero-order chi connectivity index (χ0) is 14.7. The molecule has 0 atom stereocenters. The van der Waals surface area contributed by atoms with Crippen molar-refractivity contribution < 1.29 is 0 Å². The summed E-state index contributed by atoms with van der Waals surface area (Å²) in [5.74, 6) is 0.657.